The number of aryl methyl sites for hydroxylation is 1. The Hall–Kier alpha value is -2.56. The summed E-state index contributed by atoms with van der Waals surface area (Å²) in [6.45, 7) is 8.95. The van der Waals surface area contributed by atoms with Gasteiger partial charge in [0.05, 0.1) is 0 Å². The van der Waals surface area contributed by atoms with E-state index in [0.717, 1.165) is 13.1 Å². The zero-order valence-electron chi connectivity index (χ0n) is 15.5. The molecule has 1 aliphatic rings. The average molecular weight is 356 g/mol. The van der Waals surface area contributed by atoms with Gasteiger partial charge in [-0.25, -0.2) is 4.39 Å². The first kappa shape index (κ1) is 18.2. The molecule has 26 heavy (non-hydrogen) atoms. The monoisotopic (exact) mass is 356 g/mol. The maximum Gasteiger partial charge on any atom is 0.263 e. The molecule has 1 fully saturated rings. The van der Waals surface area contributed by atoms with Crippen LogP contribution >= 0.6 is 0 Å². The zero-order chi connectivity index (χ0) is 18.7. The molecule has 1 atom stereocenters. The van der Waals surface area contributed by atoms with E-state index in [2.05, 4.69) is 36.9 Å². The molecule has 138 valence electrons. The number of amides is 1. The van der Waals surface area contributed by atoms with Gasteiger partial charge in [-0.15, -0.1) is 0 Å². The Kier molecular flexibility index (Phi) is 5.45. The average Bonchev–Trinajstić information content (AvgIpc) is 2.65. The number of hydrogen-bond acceptors (Lipinski definition) is 3. The van der Waals surface area contributed by atoms with Gasteiger partial charge in [-0.1, -0.05) is 12.1 Å². The number of nitrogens with zero attached hydrogens (tertiary/aromatic N) is 2. The summed E-state index contributed by atoms with van der Waals surface area (Å²) in [4.78, 5) is 16.8. The number of benzene rings is 2. The van der Waals surface area contributed by atoms with Gasteiger partial charge in [0.25, 0.3) is 5.91 Å². The van der Waals surface area contributed by atoms with E-state index in [1.54, 1.807) is 6.92 Å². The Labute approximate surface area is 154 Å². The van der Waals surface area contributed by atoms with Crippen LogP contribution in [0.15, 0.2) is 42.5 Å². The van der Waals surface area contributed by atoms with Crippen LogP contribution < -0.4 is 9.64 Å². The molecule has 0 bridgehead atoms. The Balaban J connectivity index is 1.57. The van der Waals surface area contributed by atoms with Crippen LogP contribution in [0.2, 0.25) is 0 Å². The predicted octanol–water partition coefficient (Wildman–Crippen LogP) is 3.56. The van der Waals surface area contributed by atoms with E-state index in [0.29, 0.717) is 18.8 Å². The second-order valence-electron chi connectivity index (χ2n) is 6.75. The number of ether oxygens (including phenoxy) is 1. The fourth-order valence-corrected chi connectivity index (χ4v) is 3.27. The molecular formula is C21H25FN2O2. The van der Waals surface area contributed by atoms with Crippen molar-refractivity contribution in [3.63, 3.8) is 0 Å². The SMILES string of the molecule is Cc1cccc(N2CCN(C(=O)[C@@H](C)Oc3ccc(F)cc3)CC2)c1C. The Morgan fingerprint density at radius 1 is 1.04 bits per heavy atom. The van der Waals surface area contributed by atoms with Crippen molar-refractivity contribution in [3.05, 3.63) is 59.4 Å². The molecular weight excluding hydrogens is 331 g/mol. The van der Waals surface area contributed by atoms with Crippen LogP contribution in [0, 0.1) is 19.7 Å². The van der Waals surface area contributed by atoms with E-state index < -0.39 is 6.10 Å². The van der Waals surface area contributed by atoms with Crippen LogP contribution in [0.3, 0.4) is 0 Å². The lowest BCUT2D eigenvalue weighted by Gasteiger charge is -2.37. The summed E-state index contributed by atoms with van der Waals surface area (Å²) in [6, 6.07) is 12.1. The highest BCUT2D eigenvalue weighted by molar-refractivity contribution is 5.81. The van der Waals surface area contributed by atoms with E-state index in [-0.39, 0.29) is 11.7 Å². The summed E-state index contributed by atoms with van der Waals surface area (Å²) >= 11 is 0. The molecule has 0 saturated carbocycles. The topological polar surface area (TPSA) is 32.8 Å². The lowest BCUT2D eigenvalue weighted by molar-refractivity contribution is -0.138. The smallest absolute Gasteiger partial charge is 0.263 e. The Morgan fingerprint density at radius 3 is 2.35 bits per heavy atom. The minimum absolute atomic E-state index is 0.0325. The van der Waals surface area contributed by atoms with Crippen LogP contribution in [-0.2, 0) is 4.79 Å². The molecule has 5 heteroatoms. The summed E-state index contributed by atoms with van der Waals surface area (Å²) in [5.41, 5.74) is 3.82. The summed E-state index contributed by atoms with van der Waals surface area (Å²) in [7, 11) is 0. The normalized spacial score (nSPS) is 15.7. The number of carbonyl (C=O) groups is 1. The van der Waals surface area contributed by atoms with Crippen LogP contribution in [-0.4, -0.2) is 43.1 Å². The number of piperazine rings is 1. The van der Waals surface area contributed by atoms with Crippen molar-refractivity contribution in [2.45, 2.75) is 26.9 Å². The largest absolute Gasteiger partial charge is 0.481 e. The first-order chi connectivity index (χ1) is 12.5. The molecule has 0 unspecified atom stereocenters. The van der Waals surface area contributed by atoms with E-state index in [4.69, 9.17) is 4.74 Å². The van der Waals surface area contributed by atoms with E-state index in [1.165, 1.54) is 41.1 Å². The van der Waals surface area contributed by atoms with Gasteiger partial charge >= 0.3 is 0 Å². The van der Waals surface area contributed by atoms with E-state index in [9.17, 15) is 9.18 Å². The zero-order valence-corrected chi connectivity index (χ0v) is 15.5. The van der Waals surface area contributed by atoms with Crippen molar-refractivity contribution in [1.82, 2.24) is 4.90 Å². The van der Waals surface area contributed by atoms with Crippen molar-refractivity contribution >= 4 is 11.6 Å². The number of carbonyl (C=O) groups excluding carboxylic acids is 1. The van der Waals surface area contributed by atoms with Gasteiger partial charge in [-0.3, -0.25) is 4.79 Å². The van der Waals surface area contributed by atoms with Gasteiger partial charge in [0.15, 0.2) is 6.10 Å². The van der Waals surface area contributed by atoms with E-state index >= 15 is 0 Å². The van der Waals surface area contributed by atoms with Crippen LogP contribution in [0.5, 0.6) is 5.75 Å². The van der Waals surface area contributed by atoms with Crippen molar-refractivity contribution < 1.29 is 13.9 Å². The molecule has 1 heterocycles. The predicted molar refractivity (Wildman–Crippen MR) is 101 cm³/mol. The van der Waals surface area contributed by atoms with Crippen LogP contribution in [0.4, 0.5) is 10.1 Å². The maximum atomic E-state index is 13.0. The van der Waals surface area contributed by atoms with Crippen LogP contribution in [0.1, 0.15) is 18.1 Å². The quantitative estimate of drug-likeness (QED) is 0.840. The molecule has 3 rings (SSSR count). The Bertz CT molecular complexity index is 768. The summed E-state index contributed by atoms with van der Waals surface area (Å²) in [6.07, 6.45) is -0.590. The first-order valence-corrected chi connectivity index (χ1v) is 8.98. The lowest BCUT2D eigenvalue weighted by atomic mass is 10.1. The minimum atomic E-state index is -0.590. The van der Waals surface area contributed by atoms with Gasteiger partial charge in [-0.2, -0.15) is 0 Å². The minimum Gasteiger partial charge on any atom is -0.481 e. The number of halogens is 1. The molecule has 1 saturated heterocycles. The number of hydrogen-bond donors (Lipinski definition) is 0. The molecule has 0 aliphatic carbocycles. The standard InChI is InChI=1S/C21H25FN2O2/c1-15-5-4-6-20(16(15)2)23-11-13-24(14-12-23)21(25)17(3)26-19-9-7-18(22)8-10-19/h4-10,17H,11-14H2,1-3H3/t17-/m1/s1. The van der Waals surface area contributed by atoms with Crippen LogP contribution in [0.25, 0.3) is 0 Å². The van der Waals surface area contributed by atoms with Gasteiger partial charge < -0.3 is 14.5 Å². The fraction of sp³-hybridized carbons (Fsp3) is 0.381. The summed E-state index contributed by atoms with van der Waals surface area (Å²) in [5.74, 6) is 0.148. The van der Waals surface area contributed by atoms with Crippen molar-refractivity contribution in [3.8, 4) is 5.75 Å². The van der Waals surface area contributed by atoms with Gasteiger partial charge in [-0.05, 0) is 62.2 Å². The van der Waals surface area contributed by atoms with Crippen molar-refractivity contribution in [2.75, 3.05) is 31.1 Å². The third kappa shape index (κ3) is 3.98. The van der Waals surface area contributed by atoms with E-state index in [1.807, 2.05) is 4.90 Å². The molecule has 0 aromatic heterocycles. The Morgan fingerprint density at radius 2 is 1.69 bits per heavy atom. The molecule has 1 amide bonds. The number of rotatable bonds is 4. The molecule has 4 nitrogen and oxygen atoms in total. The highest BCUT2D eigenvalue weighted by Gasteiger charge is 2.26. The molecule has 0 N–H and O–H groups in total. The fourth-order valence-electron chi connectivity index (χ4n) is 3.27. The molecule has 2 aromatic carbocycles. The third-order valence-corrected chi connectivity index (χ3v) is 4.98. The van der Waals surface area contributed by atoms with Crippen molar-refractivity contribution in [2.24, 2.45) is 0 Å². The van der Waals surface area contributed by atoms with Gasteiger partial charge in [0.2, 0.25) is 0 Å². The molecule has 1 aliphatic heterocycles. The third-order valence-electron chi connectivity index (χ3n) is 4.98. The molecule has 0 spiro atoms. The van der Waals surface area contributed by atoms with Gasteiger partial charge in [0, 0.05) is 31.9 Å². The molecule has 2 aromatic rings. The second kappa shape index (κ2) is 7.77. The number of anilines is 1. The van der Waals surface area contributed by atoms with Crippen molar-refractivity contribution in [1.29, 1.82) is 0 Å². The summed E-state index contributed by atoms with van der Waals surface area (Å²) < 4.78 is 18.6. The summed E-state index contributed by atoms with van der Waals surface area (Å²) in [5, 5.41) is 0. The van der Waals surface area contributed by atoms with Gasteiger partial charge in [0.1, 0.15) is 11.6 Å². The molecule has 0 radical (unpaired) electrons. The second-order valence-corrected chi connectivity index (χ2v) is 6.75. The lowest BCUT2D eigenvalue weighted by Crippen LogP contribution is -2.52. The maximum absolute atomic E-state index is 13.0. The highest BCUT2D eigenvalue weighted by atomic mass is 19.1. The highest BCUT2D eigenvalue weighted by Crippen LogP contribution is 2.24. The first-order valence-electron chi connectivity index (χ1n) is 8.98.